The highest BCUT2D eigenvalue weighted by Crippen LogP contribution is 2.30. The fourth-order valence-corrected chi connectivity index (χ4v) is 2.90. The molecular weight excluding hydrogens is 222 g/mol. The van der Waals surface area contributed by atoms with Gasteiger partial charge in [0.2, 0.25) is 0 Å². The van der Waals surface area contributed by atoms with Crippen molar-refractivity contribution in [3.63, 3.8) is 0 Å². The lowest BCUT2D eigenvalue weighted by molar-refractivity contribution is 0.0855. The number of hydrogen-bond acceptors (Lipinski definition) is 2. The van der Waals surface area contributed by atoms with Crippen LogP contribution in [0.4, 0.5) is 0 Å². The molecule has 3 rings (SSSR count). The first-order valence-corrected chi connectivity index (χ1v) is 6.40. The molecule has 2 aromatic carbocycles. The molecule has 2 aromatic rings. The molecule has 1 aliphatic carbocycles. The Labute approximate surface area is 107 Å². The van der Waals surface area contributed by atoms with Gasteiger partial charge in [-0.3, -0.25) is 9.69 Å². The Hall–Kier alpha value is -1.67. The molecular formula is C16H17NO. The maximum atomic E-state index is 12.6. The van der Waals surface area contributed by atoms with Crippen LogP contribution in [0, 0.1) is 0 Å². The van der Waals surface area contributed by atoms with E-state index in [4.69, 9.17) is 0 Å². The number of fused-ring (bicyclic) bond motifs is 3. The van der Waals surface area contributed by atoms with Crippen LogP contribution in [0.2, 0.25) is 0 Å². The number of Topliss-reactive ketones (excluding diaryl/α,β-unsaturated/α-hetero) is 1. The molecule has 18 heavy (non-hydrogen) atoms. The summed E-state index contributed by atoms with van der Waals surface area (Å²) in [4.78, 5) is 14.7. The van der Waals surface area contributed by atoms with Crippen molar-refractivity contribution in [1.82, 2.24) is 4.90 Å². The largest absolute Gasteiger partial charge is 0.299 e. The molecule has 2 heteroatoms. The Morgan fingerprint density at radius 2 is 1.89 bits per heavy atom. The smallest absolute Gasteiger partial charge is 0.180 e. The van der Waals surface area contributed by atoms with Crippen molar-refractivity contribution in [3.05, 3.63) is 47.5 Å². The monoisotopic (exact) mass is 239 g/mol. The number of hydrogen-bond donors (Lipinski definition) is 0. The third-order valence-corrected chi connectivity index (χ3v) is 3.87. The number of aryl methyl sites for hydroxylation is 1. The van der Waals surface area contributed by atoms with E-state index in [-0.39, 0.29) is 11.8 Å². The first-order chi connectivity index (χ1) is 8.68. The second kappa shape index (κ2) is 4.21. The van der Waals surface area contributed by atoms with Crippen LogP contribution < -0.4 is 0 Å². The van der Waals surface area contributed by atoms with Gasteiger partial charge < -0.3 is 0 Å². The predicted molar refractivity (Wildman–Crippen MR) is 74.1 cm³/mol. The van der Waals surface area contributed by atoms with E-state index < -0.39 is 0 Å². The fraction of sp³-hybridized carbons (Fsp3) is 0.312. The van der Waals surface area contributed by atoms with Crippen LogP contribution in [-0.2, 0) is 6.42 Å². The Kier molecular flexibility index (Phi) is 2.67. The zero-order valence-electron chi connectivity index (χ0n) is 10.8. The van der Waals surface area contributed by atoms with E-state index in [2.05, 4.69) is 24.3 Å². The van der Waals surface area contributed by atoms with Crippen molar-refractivity contribution < 1.29 is 4.79 Å². The predicted octanol–water partition coefficient (Wildman–Crippen LogP) is 2.90. The SMILES string of the molecule is CN(C)[C@@H]1CCc2ccc3ccccc3c2C1=O. The Bertz CT molecular complexity index is 616. The van der Waals surface area contributed by atoms with Crippen LogP contribution in [0.3, 0.4) is 0 Å². The lowest BCUT2D eigenvalue weighted by Gasteiger charge is -2.29. The summed E-state index contributed by atoms with van der Waals surface area (Å²) in [6.07, 6.45) is 1.92. The molecule has 0 aliphatic heterocycles. The second-order valence-corrected chi connectivity index (χ2v) is 5.20. The van der Waals surface area contributed by atoms with Gasteiger partial charge in [-0.2, -0.15) is 0 Å². The molecule has 2 nitrogen and oxygen atoms in total. The topological polar surface area (TPSA) is 20.3 Å². The van der Waals surface area contributed by atoms with Crippen LogP contribution in [-0.4, -0.2) is 30.8 Å². The molecule has 0 amide bonds. The van der Waals surface area contributed by atoms with Gasteiger partial charge in [-0.1, -0.05) is 36.4 Å². The van der Waals surface area contributed by atoms with Gasteiger partial charge in [0.25, 0.3) is 0 Å². The van der Waals surface area contributed by atoms with Crippen molar-refractivity contribution in [2.45, 2.75) is 18.9 Å². The maximum absolute atomic E-state index is 12.6. The van der Waals surface area contributed by atoms with Gasteiger partial charge in [-0.05, 0) is 43.3 Å². The van der Waals surface area contributed by atoms with Crippen molar-refractivity contribution in [3.8, 4) is 0 Å². The number of benzene rings is 2. The highest BCUT2D eigenvalue weighted by atomic mass is 16.1. The summed E-state index contributed by atoms with van der Waals surface area (Å²) >= 11 is 0. The van der Waals surface area contributed by atoms with Gasteiger partial charge >= 0.3 is 0 Å². The second-order valence-electron chi connectivity index (χ2n) is 5.20. The number of carbonyl (C=O) groups is 1. The van der Waals surface area contributed by atoms with E-state index in [0.717, 1.165) is 29.2 Å². The van der Waals surface area contributed by atoms with E-state index in [1.165, 1.54) is 5.56 Å². The molecule has 0 aromatic heterocycles. The summed E-state index contributed by atoms with van der Waals surface area (Å²) in [5, 5.41) is 2.26. The van der Waals surface area contributed by atoms with Gasteiger partial charge in [0, 0.05) is 5.56 Å². The highest BCUT2D eigenvalue weighted by Gasteiger charge is 2.29. The highest BCUT2D eigenvalue weighted by molar-refractivity contribution is 6.12. The molecule has 0 spiro atoms. The molecule has 0 fully saturated rings. The van der Waals surface area contributed by atoms with E-state index in [1.54, 1.807) is 0 Å². The van der Waals surface area contributed by atoms with Gasteiger partial charge in [0.1, 0.15) is 0 Å². The minimum absolute atomic E-state index is 0.0308. The van der Waals surface area contributed by atoms with Crippen LogP contribution >= 0.6 is 0 Å². The number of ketones is 1. The summed E-state index contributed by atoms with van der Waals surface area (Å²) in [7, 11) is 3.97. The Morgan fingerprint density at radius 3 is 2.67 bits per heavy atom. The van der Waals surface area contributed by atoms with Crippen molar-refractivity contribution in [2.24, 2.45) is 0 Å². The molecule has 1 aliphatic rings. The number of carbonyl (C=O) groups excluding carboxylic acids is 1. The zero-order chi connectivity index (χ0) is 12.7. The summed E-state index contributed by atoms with van der Waals surface area (Å²) in [6.45, 7) is 0. The van der Waals surface area contributed by atoms with Crippen LogP contribution in [0.15, 0.2) is 36.4 Å². The summed E-state index contributed by atoms with van der Waals surface area (Å²) < 4.78 is 0. The molecule has 0 bridgehead atoms. The number of likely N-dealkylation sites (N-methyl/N-ethyl adjacent to an activating group) is 1. The van der Waals surface area contributed by atoms with Crippen molar-refractivity contribution in [1.29, 1.82) is 0 Å². The third-order valence-electron chi connectivity index (χ3n) is 3.87. The Morgan fingerprint density at radius 1 is 1.11 bits per heavy atom. The summed E-state index contributed by atoms with van der Waals surface area (Å²) in [6, 6.07) is 12.4. The third kappa shape index (κ3) is 1.65. The molecule has 0 saturated heterocycles. The fourth-order valence-electron chi connectivity index (χ4n) is 2.90. The summed E-state index contributed by atoms with van der Waals surface area (Å²) in [5.74, 6) is 0.276. The molecule has 0 unspecified atom stereocenters. The standard InChI is InChI=1S/C16H17NO/c1-17(2)14-10-9-12-8-7-11-5-3-4-6-13(11)15(12)16(14)18/h3-8,14H,9-10H2,1-2H3/t14-/m1/s1. The average Bonchev–Trinajstić information content (AvgIpc) is 2.38. The van der Waals surface area contributed by atoms with Gasteiger partial charge in [0.05, 0.1) is 6.04 Å². The molecule has 1 atom stereocenters. The van der Waals surface area contributed by atoms with Crippen LogP contribution in [0.1, 0.15) is 22.3 Å². The van der Waals surface area contributed by atoms with E-state index >= 15 is 0 Å². The van der Waals surface area contributed by atoms with Gasteiger partial charge in [-0.25, -0.2) is 0 Å². The number of nitrogens with zero attached hydrogens (tertiary/aromatic N) is 1. The van der Waals surface area contributed by atoms with E-state index in [1.807, 2.05) is 31.1 Å². The minimum Gasteiger partial charge on any atom is -0.299 e. The van der Waals surface area contributed by atoms with Gasteiger partial charge in [-0.15, -0.1) is 0 Å². The average molecular weight is 239 g/mol. The molecule has 92 valence electrons. The molecule has 0 N–H and O–H groups in total. The van der Waals surface area contributed by atoms with Crippen molar-refractivity contribution >= 4 is 16.6 Å². The molecule has 0 radical (unpaired) electrons. The normalized spacial score (nSPS) is 19.3. The lowest BCUT2D eigenvalue weighted by atomic mass is 9.83. The van der Waals surface area contributed by atoms with E-state index in [0.29, 0.717) is 0 Å². The first-order valence-electron chi connectivity index (χ1n) is 6.40. The zero-order valence-corrected chi connectivity index (χ0v) is 10.8. The summed E-state index contributed by atoms with van der Waals surface area (Å²) in [5.41, 5.74) is 2.15. The maximum Gasteiger partial charge on any atom is 0.180 e. The van der Waals surface area contributed by atoms with Gasteiger partial charge in [0.15, 0.2) is 5.78 Å². The molecule has 0 saturated carbocycles. The van der Waals surface area contributed by atoms with Crippen molar-refractivity contribution in [2.75, 3.05) is 14.1 Å². The van der Waals surface area contributed by atoms with Crippen LogP contribution in [0.25, 0.3) is 10.8 Å². The first kappa shape index (κ1) is 11.4. The number of rotatable bonds is 1. The lowest BCUT2D eigenvalue weighted by Crippen LogP contribution is -2.39. The minimum atomic E-state index is 0.0308. The van der Waals surface area contributed by atoms with E-state index in [9.17, 15) is 4.79 Å². The molecule has 0 heterocycles. The Balaban J connectivity index is 2.23. The van der Waals surface area contributed by atoms with Crippen LogP contribution in [0.5, 0.6) is 0 Å². The quantitative estimate of drug-likeness (QED) is 0.762.